The van der Waals surface area contributed by atoms with Gasteiger partial charge in [-0.05, 0) is 72.5 Å². The van der Waals surface area contributed by atoms with E-state index in [4.69, 9.17) is 4.74 Å². The highest BCUT2D eigenvalue weighted by molar-refractivity contribution is 14.1. The maximum absolute atomic E-state index is 13.6. The van der Waals surface area contributed by atoms with E-state index >= 15 is 0 Å². The molecule has 0 heterocycles. The van der Waals surface area contributed by atoms with Crippen LogP contribution in [0, 0.1) is 15.2 Å². The van der Waals surface area contributed by atoms with Gasteiger partial charge in [-0.1, -0.05) is 18.2 Å². The van der Waals surface area contributed by atoms with Crippen molar-refractivity contribution in [3.8, 4) is 0 Å². The average molecular weight is 486 g/mol. The minimum atomic E-state index is -0.586. The number of amides is 2. The Morgan fingerprint density at radius 3 is 2.37 bits per heavy atom. The molecule has 2 amide bonds. The van der Waals surface area contributed by atoms with Crippen molar-refractivity contribution in [1.29, 1.82) is 0 Å². The maximum Gasteiger partial charge on any atom is 0.319 e. The van der Waals surface area contributed by atoms with Crippen LogP contribution < -0.4 is 10.6 Å². The van der Waals surface area contributed by atoms with E-state index in [0.29, 0.717) is 0 Å². The molecule has 0 atom stereocenters. The SMILES string of the molecule is O=C(Nc1ccccc1I)NC1CCC(OCc2c(F)cccc2F)CC1. The first-order valence-corrected chi connectivity index (χ1v) is 9.97. The fraction of sp³-hybridized carbons (Fsp3) is 0.350. The molecule has 1 aliphatic rings. The molecule has 2 aromatic carbocycles. The zero-order chi connectivity index (χ0) is 19.2. The molecule has 1 saturated carbocycles. The summed E-state index contributed by atoms with van der Waals surface area (Å²) >= 11 is 2.17. The Morgan fingerprint density at radius 2 is 1.70 bits per heavy atom. The second-order valence-electron chi connectivity index (χ2n) is 6.56. The van der Waals surface area contributed by atoms with Gasteiger partial charge >= 0.3 is 6.03 Å². The van der Waals surface area contributed by atoms with E-state index in [1.54, 1.807) is 0 Å². The summed E-state index contributed by atoms with van der Waals surface area (Å²) in [7, 11) is 0. The summed E-state index contributed by atoms with van der Waals surface area (Å²) in [5, 5.41) is 5.83. The molecular formula is C20H21F2IN2O2. The van der Waals surface area contributed by atoms with Crippen LogP contribution in [0.25, 0.3) is 0 Å². The van der Waals surface area contributed by atoms with Crippen LogP contribution in [0.4, 0.5) is 19.3 Å². The molecular weight excluding hydrogens is 465 g/mol. The first-order valence-electron chi connectivity index (χ1n) is 8.89. The lowest BCUT2D eigenvalue weighted by Crippen LogP contribution is -2.41. The number of hydrogen-bond donors (Lipinski definition) is 2. The van der Waals surface area contributed by atoms with E-state index in [9.17, 15) is 13.6 Å². The number of carbonyl (C=O) groups excluding carboxylic acids is 1. The maximum atomic E-state index is 13.6. The molecule has 0 unspecified atom stereocenters. The third-order valence-corrected chi connectivity index (χ3v) is 5.60. The Bertz CT molecular complexity index is 775. The number of carbonyl (C=O) groups is 1. The molecule has 4 nitrogen and oxygen atoms in total. The summed E-state index contributed by atoms with van der Waals surface area (Å²) in [5.74, 6) is -1.17. The number of para-hydroxylation sites is 1. The zero-order valence-corrected chi connectivity index (χ0v) is 16.8. The second kappa shape index (κ2) is 9.45. The summed E-state index contributed by atoms with van der Waals surface area (Å²) in [4.78, 5) is 12.2. The normalized spacial score (nSPS) is 19.5. The number of hydrogen-bond acceptors (Lipinski definition) is 2. The molecule has 1 aliphatic carbocycles. The molecule has 3 rings (SSSR count). The number of halogens is 3. The van der Waals surface area contributed by atoms with Crippen LogP contribution in [-0.4, -0.2) is 18.2 Å². The molecule has 0 radical (unpaired) electrons. The smallest absolute Gasteiger partial charge is 0.319 e. The van der Waals surface area contributed by atoms with Crippen LogP contribution in [-0.2, 0) is 11.3 Å². The van der Waals surface area contributed by atoms with Crippen molar-refractivity contribution in [3.05, 3.63) is 63.2 Å². The van der Waals surface area contributed by atoms with Gasteiger partial charge in [-0.3, -0.25) is 0 Å². The molecule has 7 heteroatoms. The molecule has 144 valence electrons. The van der Waals surface area contributed by atoms with Gasteiger partial charge in [0.25, 0.3) is 0 Å². The van der Waals surface area contributed by atoms with Crippen LogP contribution in [0.1, 0.15) is 31.2 Å². The van der Waals surface area contributed by atoms with Gasteiger partial charge in [0.2, 0.25) is 0 Å². The number of anilines is 1. The Labute approximate surface area is 170 Å². The van der Waals surface area contributed by atoms with Crippen molar-refractivity contribution < 1.29 is 18.3 Å². The van der Waals surface area contributed by atoms with E-state index in [-0.39, 0.29) is 30.3 Å². The minimum absolute atomic E-state index is 0.0328. The largest absolute Gasteiger partial charge is 0.373 e. The van der Waals surface area contributed by atoms with Gasteiger partial charge in [0.15, 0.2) is 0 Å². The van der Waals surface area contributed by atoms with Gasteiger partial charge in [0.1, 0.15) is 11.6 Å². The number of urea groups is 1. The Kier molecular flexibility index (Phi) is 7.01. The average Bonchev–Trinajstić information content (AvgIpc) is 2.64. The van der Waals surface area contributed by atoms with Gasteiger partial charge < -0.3 is 15.4 Å². The summed E-state index contributed by atoms with van der Waals surface area (Å²) in [6.07, 6.45) is 2.96. The van der Waals surface area contributed by atoms with E-state index < -0.39 is 11.6 Å². The minimum Gasteiger partial charge on any atom is -0.373 e. The van der Waals surface area contributed by atoms with Crippen LogP contribution >= 0.6 is 22.6 Å². The van der Waals surface area contributed by atoms with Crippen LogP contribution in [0.15, 0.2) is 42.5 Å². The highest BCUT2D eigenvalue weighted by atomic mass is 127. The molecule has 0 aromatic heterocycles. The fourth-order valence-corrected chi connectivity index (χ4v) is 3.67. The summed E-state index contributed by atoms with van der Waals surface area (Å²) in [6.45, 7) is -0.0752. The quantitative estimate of drug-likeness (QED) is 0.570. The van der Waals surface area contributed by atoms with Gasteiger partial charge in [0, 0.05) is 15.2 Å². The van der Waals surface area contributed by atoms with Crippen molar-refractivity contribution in [2.45, 2.75) is 44.4 Å². The first kappa shape index (κ1) is 20.0. The molecule has 2 aromatic rings. The van der Waals surface area contributed by atoms with E-state index in [1.807, 2.05) is 24.3 Å². The van der Waals surface area contributed by atoms with Crippen molar-refractivity contribution in [2.75, 3.05) is 5.32 Å². The van der Waals surface area contributed by atoms with Gasteiger partial charge in [-0.15, -0.1) is 0 Å². The van der Waals surface area contributed by atoms with E-state index in [2.05, 4.69) is 33.2 Å². The van der Waals surface area contributed by atoms with Crippen LogP contribution in [0.5, 0.6) is 0 Å². The van der Waals surface area contributed by atoms with Gasteiger partial charge in [-0.2, -0.15) is 0 Å². The predicted molar refractivity (Wildman–Crippen MR) is 109 cm³/mol. The highest BCUT2D eigenvalue weighted by Gasteiger charge is 2.23. The van der Waals surface area contributed by atoms with Crippen LogP contribution in [0.3, 0.4) is 0 Å². The lowest BCUT2D eigenvalue weighted by molar-refractivity contribution is 0.00964. The van der Waals surface area contributed by atoms with Crippen molar-refractivity contribution in [3.63, 3.8) is 0 Å². The Hall–Kier alpha value is -1.74. The Morgan fingerprint density at radius 1 is 1.04 bits per heavy atom. The van der Waals surface area contributed by atoms with Crippen LogP contribution in [0.2, 0.25) is 0 Å². The third-order valence-electron chi connectivity index (χ3n) is 4.66. The summed E-state index contributed by atoms with van der Waals surface area (Å²) < 4.78 is 33.9. The second-order valence-corrected chi connectivity index (χ2v) is 7.73. The standard InChI is InChI=1S/C20H21F2IN2O2/c21-16-4-3-5-17(22)15(16)12-27-14-10-8-13(9-11-14)24-20(26)25-19-7-2-1-6-18(19)23/h1-7,13-14H,8-12H2,(H2,24,25,26). The molecule has 0 spiro atoms. The van der Waals surface area contributed by atoms with Crippen molar-refractivity contribution in [1.82, 2.24) is 5.32 Å². The summed E-state index contributed by atoms with van der Waals surface area (Å²) in [5.41, 5.74) is 0.745. The molecule has 2 N–H and O–H groups in total. The lowest BCUT2D eigenvalue weighted by Gasteiger charge is -2.29. The van der Waals surface area contributed by atoms with Gasteiger partial charge in [-0.25, -0.2) is 13.6 Å². The molecule has 0 aliphatic heterocycles. The predicted octanol–water partition coefficient (Wildman–Crippen LogP) is 5.22. The Balaban J connectivity index is 1.42. The van der Waals surface area contributed by atoms with Crippen molar-refractivity contribution >= 4 is 34.3 Å². The lowest BCUT2D eigenvalue weighted by atomic mass is 9.93. The number of rotatable bonds is 5. The third kappa shape index (κ3) is 5.62. The highest BCUT2D eigenvalue weighted by Crippen LogP contribution is 2.24. The monoisotopic (exact) mass is 486 g/mol. The molecule has 1 fully saturated rings. The number of benzene rings is 2. The number of ether oxygens (including phenoxy) is 1. The topological polar surface area (TPSA) is 50.4 Å². The fourth-order valence-electron chi connectivity index (χ4n) is 3.15. The van der Waals surface area contributed by atoms with Gasteiger partial charge in [0.05, 0.1) is 18.4 Å². The zero-order valence-electron chi connectivity index (χ0n) is 14.7. The van der Waals surface area contributed by atoms with Crippen molar-refractivity contribution in [2.24, 2.45) is 0 Å². The molecule has 0 saturated heterocycles. The first-order chi connectivity index (χ1) is 13.0. The van der Waals surface area contributed by atoms with E-state index in [1.165, 1.54) is 18.2 Å². The molecule has 27 heavy (non-hydrogen) atoms. The molecule has 0 bridgehead atoms. The van der Waals surface area contributed by atoms with E-state index in [0.717, 1.165) is 34.9 Å². The summed E-state index contributed by atoms with van der Waals surface area (Å²) in [6, 6.07) is 11.2. The number of nitrogens with one attached hydrogen (secondary N) is 2.